The molecule has 34 heavy (non-hydrogen) atoms. The molecule has 2 aromatic carbocycles. The molecule has 0 aliphatic carbocycles. The van der Waals surface area contributed by atoms with Crippen LogP contribution < -0.4 is 10.0 Å². The second-order valence-electron chi connectivity index (χ2n) is 7.31. The van der Waals surface area contributed by atoms with Crippen LogP contribution in [0.5, 0.6) is 0 Å². The number of aryl methyl sites for hydroxylation is 1. The summed E-state index contributed by atoms with van der Waals surface area (Å²) in [5.74, 6) is -0.299. The van der Waals surface area contributed by atoms with Crippen LogP contribution >= 0.6 is 11.6 Å². The number of nitrogens with zero attached hydrogens (tertiary/aromatic N) is 2. The highest BCUT2D eigenvalue weighted by atomic mass is 35.5. The fraction of sp³-hybridized carbons (Fsp3) is 0.125. The normalized spacial score (nSPS) is 11.3. The van der Waals surface area contributed by atoms with Gasteiger partial charge in [0.15, 0.2) is 0 Å². The highest BCUT2D eigenvalue weighted by Crippen LogP contribution is 2.34. The van der Waals surface area contributed by atoms with Gasteiger partial charge in [-0.2, -0.15) is 0 Å². The first-order valence-electron chi connectivity index (χ1n) is 10.4. The molecule has 2 aromatic heterocycles. The number of hydrogen-bond acceptors (Lipinski definition) is 7. The quantitative estimate of drug-likeness (QED) is 0.333. The van der Waals surface area contributed by atoms with Crippen LogP contribution in [0.1, 0.15) is 22.8 Å². The number of carbonyl (C=O) groups excluding carboxylic acids is 1. The van der Waals surface area contributed by atoms with E-state index in [1.165, 1.54) is 24.5 Å². The molecule has 8 nitrogen and oxygen atoms in total. The van der Waals surface area contributed by atoms with Crippen LogP contribution in [0.3, 0.4) is 0 Å². The van der Waals surface area contributed by atoms with E-state index in [-0.39, 0.29) is 22.9 Å². The molecule has 4 aromatic rings. The highest BCUT2D eigenvalue weighted by Gasteiger charge is 2.19. The van der Waals surface area contributed by atoms with Gasteiger partial charge in [-0.3, -0.25) is 9.71 Å². The smallest absolute Gasteiger partial charge is 0.341 e. The molecule has 10 heteroatoms. The number of carbonyl (C=O) groups is 1. The zero-order valence-corrected chi connectivity index (χ0v) is 19.9. The largest absolute Gasteiger partial charge is 0.462 e. The zero-order valence-electron chi connectivity index (χ0n) is 18.4. The second kappa shape index (κ2) is 9.66. The van der Waals surface area contributed by atoms with E-state index in [1.807, 2.05) is 6.92 Å². The van der Waals surface area contributed by atoms with Crippen LogP contribution in [0.25, 0.3) is 10.9 Å². The lowest BCUT2D eigenvalue weighted by Crippen LogP contribution is -2.13. The number of rotatable bonds is 7. The van der Waals surface area contributed by atoms with Gasteiger partial charge in [-0.25, -0.2) is 18.2 Å². The fourth-order valence-corrected chi connectivity index (χ4v) is 4.52. The van der Waals surface area contributed by atoms with Gasteiger partial charge in [-0.15, -0.1) is 0 Å². The van der Waals surface area contributed by atoms with Crippen molar-refractivity contribution in [3.63, 3.8) is 0 Å². The summed E-state index contributed by atoms with van der Waals surface area (Å²) >= 11 is 6.25. The van der Waals surface area contributed by atoms with Crippen molar-refractivity contribution in [3.05, 3.63) is 83.1 Å². The number of aromatic nitrogens is 2. The monoisotopic (exact) mass is 496 g/mol. The van der Waals surface area contributed by atoms with E-state index in [0.717, 1.165) is 5.56 Å². The summed E-state index contributed by atoms with van der Waals surface area (Å²) in [6.45, 7) is 3.78. The topological polar surface area (TPSA) is 110 Å². The first-order valence-corrected chi connectivity index (χ1v) is 12.2. The Hall–Kier alpha value is -3.69. The van der Waals surface area contributed by atoms with Gasteiger partial charge in [-0.05, 0) is 67.9 Å². The Labute approximate surface area is 202 Å². The van der Waals surface area contributed by atoms with E-state index in [1.54, 1.807) is 49.4 Å². The molecule has 174 valence electrons. The molecule has 0 unspecified atom stereocenters. The molecule has 0 bridgehead atoms. The minimum atomic E-state index is -3.82. The zero-order chi connectivity index (χ0) is 24.3. The van der Waals surface area contributed by atoms with Gasteiger partial charge in [0.1, 0.15) is 11.4 Å². The Kier molecular flexibility index (Phi) is 6.67. The van der Waals surface area contributed by atoms with Gasteiger partial charge in [0.2, 0.25) is 0 Å². The van der Waals surface area contributed by atoms with Crippen molar-refractivity contribution in [3.8, 4) is 0 Å². The van der Waals surface area contributed by atoms with Crippen LogP contribution in [0, 0.1) is 6.92 Å². The third-order valence-electron chi connectivity index (χ3n) is 5.06. The van der Waals surface area contributed by atoms with Gasteiger partial charge >= 0.3 is 5.97 Å². The van der Waals surface area contributed by atoms with E-state index in [2.05, 4.69) is 20.0 Å². The summed E-state index contributed by atoms with van der Waals surface area (Å²) in [5, 5.41) is 4.46. The van der Waals surface area contributed by atoms with Crippen LogP contribution in [-0.4, -0.2) is 31.0 Å². The number of benzene rings is 2. The van der Waals surface area contributed by atoms with Crippen LogP contribution in [-0.2, 0) is 14.8 Å². The molecule has 0 saturated carbocycles. The lowest BCUT2D eigenvalue weighted by atomic mass is 10.1. The van der Waals surface area contributed by atoms with Crippen LogP contribution in [0.15, 0.2) is 71.9 Å². The van der Waals surface area contributed by atoms with Crippen molar-refractivity contribution in [2.24, 2.45) is 0 Å². The molecule has 2 N–H and O–H groups in total. The summed E-state index contributed by atoms with van der Waals surface area (Å²) in [6, 6.07) is 14.6. The maximum absolute atomic E-state index is 12.7. The molecule has 0 fully saturated rings. The maximum Gasteiger partial charge on any atom is 0.341 e. The third-order valence-corrected chi connectivity index (χ3v) is 6.84. The third kappa shape index (κ3) is 4.80. The molecular weight excluding hydrogens is 476 g/mol. The molecule has 0 saturated heterocycles. The molecule has 0 amide bonds. The van der Waals surface area contributed by atoms with Crippen LogP contribution in [0.2, 0.25) is 5.02 Å². The van der Waals surface area contributed by atoms with Crippen molar-refractivity contribution in [1.82, 2.24) is 9.97 Å². The number of sulfonamides is 1. The van der Waals surface area contributed by atoms with Crippen LogP contribution in [0.4, 0.5) is 17.2 Å². The number of anilines is 3. The highest BCUT2D eigenvalue weighted by molar-refractivity contribution is 7.92. The Bertz CT molecular complexity index is 1460. The number of hydrogen-bond donors (Lipinski definition) is 2. The lowest BCUT2D eigenvalue weighted by molar-refractivity contribution is 0.0527. The van der Waals surface area contributed by atoms with Gasteiger partial charge < -0.3 is 10.1 Å². The molecule has 4 rings (SSSR count). The molecule has 0 aliphatic rings. The number of ether oxygens (including phenoxy) is 1. The summed E-state index contributed by atoms with van der Waals surface area (Å²) in [5.41, 5.74) is 2.74. The van der Waals surface area contributed by atoms with E-state index in [0.29, 0.717) is 27.3 Å². The summed E-state index contributed by atoms with van der Waals surface area (Å²) in [4.78, 5) is 21.1. The SMILES string of the molecule is CCOC(=O)c1cnc2c(C)c(Cl)ccc2c1Nc1ccc(S(=O)(=O)Nc2ccccn2)cc1. The summed E-state index contributed by atoms with van der Waals surface area (Å²) in [7, 11) is -3.82. The number of esters is 1. The fourth-order valence-electron chi connectivity index (χ4n) is 3.36. The standard InChI is InChI=1S/C24H21ClN4O4S/c1-3-33-24(30)19-14-27-22-15(2)20(25)12-11-18(22)23(19)28-16-7-9-17(10-8-16)34(31,32)29-21-6-4-5-13-26-21/h4-14H,3H2,1-2H3,(H,26,29)(H,27,28). The minimum absolute atomic E-state index is 0.0662. The Morgan fingerprint density at radius 2 is 1.82 bits per heavy atom. The van der Waals surface area contributed by atoms with Crippen molar-refractivity contribution in [2.75, 3.05) is 16.6 Å². The number of fused-ring (bicyclic) bond motifs is 1. The van der Waals surface area contributed by atoms with E-state index < -0.39 is 16.0 Å². The van der Waals surface area contributed by atoms with Crippen molar-refractivity contribution >= 4 is 55.7 Å². The second-order valence-corrected chi connectivity index (χ2v) is 9.40. The summed E-state index contributed by atoms with van der Waals surface area (Å²) < 4.78 is 33.0. The van der Waals surface area contributed by atoms with Gasteiger partial charge in [0, 0.05) is 28.5 Å². The number of halogens is 1. The average Bonchev–Trinajstić information content (AvgIpc) is 2.82. The van der Waals surface area contributed by atoms with Crippen molar-refractivity contribution in [2.45, 2.75) is 18.7 Å². The molecule has 2 heterocycles. The number of nitrogens with one attached hydrogen (secondary N) is 2. The van der Waals surface area contributed by atoms with E-state index in [9.17, 15) is 13.2 Å². The van der Waals surface area contributed by atoms with Crippen molar-refractivity contribution < 1.29 is 17.9 Å². The van der Waals surface area contributed by atoms with Gasteiger partial charge in [0.05, 0.1) is 22.7 Å². The first kappa shape index (κ1) is 23.5. The Morgan fingerprint density at radius 3 is 2.50 bits per heavy atom. The molecule has 0 aliphatic heterocycles. The van der Waals surface area contributed by atoms with E-state index in [4.69, 9.17) is 16.3 Å². The molecule has 0 atom stereocenters. The summed E-state index contributed by atoms with van der Waals surface area (Å²) in [6.07, 6.45) is 2.95. The number of pyridine rings is 2. The average molecular weight is 497 g/mol. The maximum atomic E-state index is 12.7. The Morgan fingerprint density at radius 1 is 1.06 bits per heavy atom. The lowest BCUT2D eigenvalue weighted by Gasteiger charge is -2.16. The first-order chi connectivity index (χ1) is 16.3. The Balaban J connectivity index is 1.70. The van der Waals surface area contributed by atoms with Gasteiger partial charge in [0.25, 0.3) is 10.0 Å². The van der Waals surface area contributed by atoms with E-state index >= 15 is 0 Å². The predicted octanol–water partition coefficient (Wildman–Crippen LogP) is 5.31. The van der Waals surface area contributed by atoms with Crippen molar-refractivity contribution in [1.29, 1.82) is 0 Å². The molecule has 0 radical (unpaired) electrons. The van der Waals surface area contributed by atoms with Gasteiger partial charge in [-0.1, -0.05) is 17.7 Å². The molecular formula is C24H21ClN4O4S. The predicted molar refractivity (Wildman–Crippen MR) is 132 cm³/mol. The molecule has 0 spiro atoms. The minimum Gasteiger partial charge on any atom is -0.462 e.